The molecule has 0 aliphatic carbocycles. The molecule has 0 aliphatic rings. The van der Waals surface area contributed by atoms with E-state index in [0.717, 1.165) is 17.5 Å². The van der Waals surface area contributed by atoms with E-state index >= 15 is 0 Å². The van der Waals surface area contributed by atoms with Gasteiger partial charge in [0.2, 0.25) is 5.89 Å². The molecule has 29 heavy (non-hydrogen) atoms. The number of nitrogens with zero attached hydrogens (tertiary/aromatic N) is 2. The van der Waals surface area contributed by atoms with Gasteiger partial charge in [0, 0.05) is 28.9 Å². The van der Waals surface area contributed by atoms with Crippen LogP contribution in [0.4, 0.5) is 11.4 Å². The van der Waals surface area contributed by atoms with Crippen LogP contribution in [0.3, 0.4) is 0 Å². The van der Waals surface area contributed by atoms with Crippen LogP contribution in [0.1, 0.15) is 22.8 Å². The molecule has 0 unspecified atom stereocenters. The van der Waals surface area contributed by atoms with Crippen molar-refractivity contribution in [3.63, 3.8) is 0 Å². The highest BCUT2D eigenvalue weighted by Gasteiger charge is 2.12. The van der Waals surface area contributed by atoms with Gasteiger partial charge < -0.3 is 9.73 Å². The lowest BCUT2D eigenvalue weighted by Crippen LogP contribution is -2.11. The monoisotopic (exact) mass is 387 g/mol. The second-order valence-corrected chi connectivity index (χ2v) is 6.51. The summed E-state index contributed by atoms with van der Waals surface area (Å²) in [6.07, 6.45) is 0.919. The van der Waals surface area contributed by atoms with Crippen LogP contribution in [0.25, 0.3) is 22.6 Å². The highest BCUT2D eigenvalue weighted by Crippen LogP contribution is 2.27. The Morgan fingerprint density at radius 1 is 1.10 bits per heavy atom. The van der Waals surface area contributed by atoms with Gasteiger partial charge in [-0.05, 0) is 54.4 Å². The van der Waals surface area contributed by atoms with Crippen molar-refractivity contribution in [3.05, 3.63) is 88.0 Å². The van der Waals surface area contributed by atoms with Crippen molar-refractivity contribution in [3.8, 4) is 11.5 Å². The molecule has 3 aromatic carbocycles. The Morgan fingerprint density at radius 3 is 2.62 bits per heavy atom. The van der Waals surface area contributed by atoms with Gasteiger partial charge in [0.05, 0.1) is 4.92 Å². The maximum Gasteiger partial charge on any atom is 0.269 e. The van der Waals surface area contributed by atoms with Crippen molar-refractivity contribution >= 4 is 28.4 Å². The van der Waals surface area contributed by atoms with Gasteiger partial charge in [-0.3, -0.25) is 14.9 Å². The molecule has 1 amide bonds. The Balaban J connectivity index is 1.57. The largest absolute Gasteiger partial charge is 0.436 e. The second-order valence-electron chi connectivity index (χ2n) is 6.51. The number of non-ortho nitro benzene ring substituents is 1. The number of nitro benzene ring substituents is 1. The maximum atomic E-state index is 12.4. The molecule has 0 aliphatic heterocycles. The number of benzene rings is 3. The highest BCUT2D eigenvalue weighted by atomic mass is 16.6. The Kier molecular flexibility index (Phi) is 4.78. The minimum absolute atomic E-state index is 0.0641. The highest BCUT2D eigenvalue weighted by molar-refractivity contribution is 6.04. The van der Waals surface area contributed by atoms with Gasteiger partial charge in [0.1, 0.15) is 5.52 Å². The zero-order valence-electron chi connectivity index (χ0n) is 15.6. The molecule has 1 aromatic heterocycles. The lowest BCUT2D eigenvalue weighted by Gasteiger charge is -2.06. The number of oxazole rings is 1. The molecule has 1 N–H and O–H groups in total. The van der Waals surface area contributed by atoms with E-state index in [9.17, 15) is 14.9 Å². The van der Waals surface area contributed by atoms with Gasteiger partial charge in [0.25, 0.3) is 11.6 Å². The first-order valence-electron chi connectivity index (χ1n) is 9.09. The molecule has 0 radical (unpaired) electrons. The number of nitrogens with one attached hydrogen (secondary N) is 1. The van der Waals surface area contributed by atoms with Crippen molar-refractivity contribution in [2.45, 2.75) is 13.3 Å². The van der Waals surface area contributed by atoms with Gasteiger partial charge in [-0.25, -0.2) is 4.98 Å². The average Bonchev–Trinajstić information content (AvgIpc) is 3.17. The van der Waals surface area contributed by atoms with Gasteiger partial charge in [-0.15, -0.1) is 0 Å². The molecule has 0 atom stereocenters. The minimum Gasteiger partial charge on any atom is -0.436 e. The quantitative estimate of drug-likeness (QED) is 0.374. The summed E-state index contributed by atoms with van der Waals surface area (Å²) in [7, 11) is 0. The van der Waals surface area contributed by atoms with E-state index in [-0.39, 0.29) is 11.6 Å². The van der Waals surface area contributed by atoms with E-state index < -0.39 is 4.92 Å². The van der Waals surface area contributed by atoms with Crippen molar-refractivity contribution < 1.29 is 14.1 Å². The van der Waals surface area contributed by atoms with Crippen molar-refractivity contribution in [2.24, 2.45) is 0 Å². The molecule has 7 nitrogen and oxygen atoms in total. The Hall–Kier alpha value is -4.00. The van der Waals surface area contributed by atoms with Gasteiger partial charge in [0.15, 0.2) is 5.58 Å². The van der Waals surface area contributed by atoms with Gasteiger partial charge in [-0.2, -0.15) is 0 Å². The fraction of sp³-hybridized carbons (Fsp3) is 0.0909. The summed E-state index contributed by atoms with van der Waals surface area (Å²) in [5.41, 5.74) is 4.25. The van der Waals surface area contributed by atoms with E-state index in [0.29, 0.717) is 22.7 Å². The third-order valence-electron chi connectivity index (χ3n) is 4.57. The predicted octanol–water partition coefficient (Wildman–Crippen LogP) is 5.22. The Bertz CT molecular complexity index is 1210. The van der Waals surface area contributed by atoms with Crippen LogP contribution >= 0.6 is 0 Å². The molecule has 1 heterocycles. The fourth-order valence-electron chi connectivity index (χ4n) is 2.98. The fourth-order valence-corrected chi connectivity index (χ4v) is 2.98. The number of nitro groups is 1. The molecule has 0 saturated carbocycles. The van der Waals surface area contributed by atoms with Crippen molar-refractivity contribution in [2.75, 3.05) is 5.32 Å². The minimum atomic E-state index is -0.505. The number of aromatic nitrogens is 1. The summed E-state index contributed by atoms with van der Waals surface area (Å²) < 4.78 is 5.85. The number of anilines is 1. The summed E-state index contributed by atoms with van der Waals surface area (Å²) in [5, 5.41) is 13.5. The van der Waals surface area contributed by atoms with Gasteiger partial charge in [-0.1, -0.05) is 19.1 Å². The first kappa shape index (κ1) is 18.4. The third-order valence-corrected chi connectivity index (χ3v) is 4.57. The van der Waals surface area contributed by atoms with Crippen LogP contribution in [0.2, 0.25) is 0 Å². The number of hydrogen-bond acceptors (Lipinski definition) is 5. The number of hydrogen-bond donors (Lipinski definition) is 1. The summed E-state index contributed by atoms with van der Waals surface area (Å²) in [4.78, 5) is 27.2. The Labute approximate surface area is 166 Å². The third kappa shape index (κ3) is 3.84. The van der Waals surface area contributed by atoms with Crippen molar-refractivity contribution in [1.82, 2.24) is 4.98 Å². The van der Waals surface area contributed by atoms with E-state index in [2.05, 4.69) is 17.2 Å². The van der Waals surface area contributed by atoms with E-state index in [1.165, 1.54) is 29.8 Å². The number of carbonyl (C=O) groups is 1. The normalized spacial score (nSPS) is 10.8. The molecule has 4 aromatic rings. The average molecular weight is 387 g/mol. The van der Waals surface area contributed by atoms with E-state index in [1.54, 1.807) is 18.2 Å². The smallest absolute Gasteiger partial charge is 0.269 e. The standard InChI is InChI=1S/C22H17N3O4/c1-2-14-6-11-20-19(12-14)24-22(29-20)16-4-3-5-17(13-16)23-21(26)15-7-9-18(10-8-15)25(27)28/h3-13H,2H2,1H3,(H,23,26). The van der Waals surface area contributed by atoms with E-state index in [1.807, 2.05) is 24.3 Å². The Morgan fingerprint density at radius 2 is 1.90 bits per heavy atom. The molecular weight excluding hydrogens is 370 g/mol. The number of rotatable bonds is 5. The summed E-state index contributed by atoms with van der Waals surface area (Å²) >= 11 is 0. The van der Waals surface area contributed by atoms with Crippen LogP contribution in [0.5, 0.6) is 0 Å². The number of aryl methyl sites for hydroxylation is 1. The molecule has 0 spiro atoms. The van der Waals surface area contributed by atoms with Crippen LogP contribution in [-0.2, 0) is 6.42 Å². The van der Waals surface area contributed by atoms with Gasteiger partial charge >= 0.3 is 0 Å². The number of carbonyl (C=O) groups excluding carboxylic acids is 1. The lowest BCUT2D eigenvalue weighted by molar-refractivity contribution is -0.384. The molecule has 4 rings (SSSR count). The van der Waals surface area contributed by atoms with Crippen LogP contribution in [-0.4, -0.2) is 15.8 Å². The lowest BCUT2D eigenvalue weighted by atomic mass is 10.1. The second kappa shape index (κ2) is 7.55. The zero-order valence-corrected chi connectivity index (χ0v) is 15.6. The summed E-state index contributed by atoms with van der Waals surface area (Å²) in [5.74, 6) is 0.113. The topological polar surface area (TPSA) is 98.3 Å². The number of amides is 1. The molecule has 0 fully saturated rings. The molecule has 7 heteroatoms. The zero-order chi connectivity index (χ0) is 20.4. The first-order chi connectivity index (χ1) is 14.0. The SMILES string of the molecule is CCc1ccc2oc(-c3cccc(NC(=O)c4ccc([N+](=O)[O-])cc4)c3)nc2c1. The van der Waals surface area contributed by atoms with Crippen LogP contribution < -0.4 is 5.32 Å². The molecule has 144 valence electrons. The summed E-state index contributed by atoms with van der Waals surface area (Å²) in [6, 6.07) is 18.5. The van der Waals surface area contributed by atoms with Crippen molar-refractivity contribution in [1.29, 1.82) is 0 Å². The molecule has 0 bridgehead atoms. The van der Waals surface area contributed by atoms with Crippen LogP contribution in [0, 0.1) is 10.1 Å². The van der Waals surface area contributed by atoms with Crippen LogP contribution in [0.15, 0.2) is 71.1 Å². The molecule has 0 saturated heterocycles. The predicted molar refractivity (Wildman–Crippen MR) is 110 cm³/mol. The van der Waals surface area contributed by atoms with E-state index in [4.69, 9.17) is 4.42 Å². The molecular formula is C22H17N3O4. The number of fused-ring (bicyclic) bond motifs is 1. The summed E-state index contributed by atoms with van der Waals surface area (Å²) in [6.45, 7) is 2.08. The maximum absolute atomic E-state index is 12.4. The first-order valence-corrected chi connectivity index (χ1v) is 9.09.